The Hall–Kier alpha value is -3.31. The second kappa shape index (κ2) is 13.7. The average molecular weight is 519 g/mol. The van der Waals surface area contributed by atoms with E-state index in [1.807, 2.05) is 29.7 Å². The fraction of sp³-hybridized carbons (Fsp3) is 0.400. The largest absolute Gasteiger partial charge is 0.493 e. The fourth-order valence-corrected chi connectivity index (χ4v) is 4.42. The van der Waals surface area contributed by atoms with Gasteiger partial charge in [-0.15, -0.1) is 10.2 Å². The van der Waals surface area contributed by atoms with Crippen molar-refractivity contribution in [3.63, 3.8) is 0 Å². The number of benzene rings is 2. The molecule has 9 nitrogen and oxygen atoms in total. The molecule has 0 radical (unpaired) electrons. The zero-order valence-corrected chi connectivity index (χ0v) is 21.6. The molecule has 1 amide bonds. The first kappa shape index (κ1) is 27.3. The Morgan fingerprint density at radius 3 is 2.58 bits per heavy atom. The van der Waals surface area contributed by atoms with E-state index in [-0.39, 0.29) is 30.1 Å². The highest BCUT2D eigenvalue weighted by Crippen LogP contribution is 2.28. The molecular weight excluding hydrogens is 487 g/mol. The monoisotopic (exact) mass is 518 g/mol. The van der Waals surface area contributed by atoms with Gasteiger partial charge >= 0.3 is 0 Å². The molecule has 1 N–H and O–H groups in total. The van der Waals surface area contributed by atoms with Crippen LogP contribution in [0.25, 0.3) is 0 Å². The van der Waals surface area contributed by atoms with Crippen molar-refractivity contribution in [2.75, 3.05) is 40.2 Å². The third-order valence-corrected chi connectivity index (χ3v) is 6.24. The summed E-state index contributed by atoms with van der Waals surface area (Å²) >= 11 is 1.27. The lowest BCUT2D eigenvalue weighted by molar-refractivity contribution is -0.118. The van der Waals surface area contributed by atoms with Crippen molar-refractivity contribution in [3.05, 3.63) is 59.7 Å². The summed E-state index contributed by atoms with van der Waals surface area (Å²) in [6.07, 6.45) is 0.648. The number of aromatic nitrogens is 3. The van der Waals surface area contributed by atoms with Crippen LogP contribution in [0.4, 0.5) is 4.39 Å². The minimum absolute atomic E-state index is 0.0278. The Morgan fingerprint density at radius 2 is 1.86 bits per heavy atom. The van der Waals surface area contributed by atoms with Crippen LogP contribution in [-0.2, 0) is 22.6 Å². The lowest BCUT2D eigenvalue weighted by Crippen LogP contribution is -2.27. The number of rotatable bonds is 14. The Labute approximate surface area is 214 Å². The Morgan fingerprint density at radius 1 is 1.08 bits per heavy atom. The molecule has 1 atom stereocenters. The number of carbonyl (C=O) groups is 1. The highest BCUT2D eigenvalue weighted by molar-refractivity contribution is 7.99. The molecule has 0 spiro atoms. The Bertz CT molecular complexity index is 1140. The normalized spacial score (nSPS) is 11.7. The van der Waals surface area contributed by atoms with Gasteiger partial charge in [-0.2, -0.15) is 0 Å². The van der Waals surface area contributed by atoms with Crippen LogP contribution in [0.5, 0.6) is 17.2 Å². The van der Waals surface area contributed by atoms with E-state index >= 15 is 0 Å². The molecule has 11 heteroatoms. The lowest BCUT2D eigenvalue weighted by Gasteiger charge is -2.17. The smallest absolute Gasteiger partial charge is 0.230 e. The van der Waals surface area contributed by atoms with E-state index in [4.69, 9.17) is 18.9 Å². The van der Waals surface area contributed by atoms with Gasteiger partial charge in [0, 0.05) is 13.7 Å². The predicted molar refractivity (Wildman–Crippen MR) is 134 cm³/mol. The van der Waals surface area contributed by atoms with Crippen LogP contribution in [0.15, 0.2) is 47.6 Å². The summed E-state index contributed by atoms with van der Waals surface area (Å²) in [6.45, 7) is 2.87. The molecule has 0 fully saturated rings. The number of hydrogen-bond donors (Lipinski definition) is 1. The number of hydrogen-bond acceptors (Lipinski definition) is 8. The maximum absolute atomic E-state index is 13.9. The molecule has 0 aliphatic carbocycles. The molecule has 0 aliphatic heterocycles. The molecule has 0 aliphatic rings. The van der Waals surface area contributed by atoms with Crippen LogP contribution in [0.3, 0.4) is 0 Å². The zero-order chi connectivity index (χ0) is 25.9. The van der Waals surface area contributed by atoms with Crippen LogP contribution in [-0.4, -0.2) is 60.9 Å². The standard InChI is InChI=1S/C25H31FN4O5S/c1-17(14-32-2)30-23(15-35-20-8-6-5-7-19(20)26)28-29-25(30)36-16-24(31)27-12-11-18-9-10-21(33-3)22(13-18)34-4/h5-10,13,17H,11-12,14-16H2,1-4H3,(H,27,31). The molecule has 0 saturated heterocycles. The van der Waals surface area contributed by atoms with E-state index in [1.165, 1.54) is 17.8 Å². The van der Waals surface area contributed by atoms with Gasteiger partial charge in [0.15, 0.2) is 34.0 Å². The number of halogens is 1. The maximum atomic E-state index is 13.9. The highest BCUT2D eigenvalue weighted by Gasteiger charge is 2.20. The quantitative estimate of drug-likeness (QED) is 0.323. The van der Waals surface area contributed by atoms with Gasteiger partial charge in [0.05, 0.1) is 32.6 Å². The van der Waals surface area contributed by atoms with Gasteiger partial charge < -0.3 is 24.3 Å². The van der Waals surface area contributed by atoms with Crippen molar-refractivity contribution in [1.82, 2.24) is 20.1 Å². The molecule has 1 aromatic heterocycles. The minimum Gasteiger partial charge on any atom is -0.493 e. The number of amides is 1. The van der Waals surface area contributed by atoms with Crippen molar-refractivity contribution in [2.24, 2.45) is 0 Å². The number of methoxy groups -OCH3 is 3. The first-order valence-corrected chi connectivity index (χ1v) is 12.4. The lowest BCUT2D eigenvalue weighted by atomic mass is 10.1. The van der Waals surface area contributed by atoms with Crippen LogP contribution in [0, 0.1) is 5.82 Å². The van der Waals surface area contributed by atoms with Crippen LogP contribution in [0.2, 0.25) is 0 Å². The first-order chi connectivity index (χ1) is 17.5. The second-order valence-electron chi connectivity index (χ2n) is 7.87. The summed E-state index contributed by atoms with van der Waals surface area (Å²) in [5, 5.41) is 11.9. The van der Waals surface area contributed by atoms with E-state index in [1.54, 1.807) is 39.5 Å². The summed E-state index contributed by atoms with van der Waals surface area (Å²) in [7, 11) is 4.78. The third kappa shape index (κ3) is 7.34. The van der Waals surface area contributed by atoms with Gasteiger partial charge in [-0.05, 0) is 43.2 Å². The molecule has 3 aromatic rings. The van der Waals surface area contributed by atoms with Gasteiger partial charge in [0.2, 0.25) is 5.91 Å². The van der Waals surface area contributed by atoms with Crippen LogP contribution >= 0.6 is 11.8 Å². The molecule has 36 heavy (non-hydrogen) atoms. The van der Waals surface area contributed by atoms with Gasteiger partial charge in [0.1, 0.15) is 6.61 Å². The Kier molecular flexibility index (Phi) is 10.4. The van der Waals surface area contributed by atoms with Gasteiger partial charge in [-0.25, -0.2) is 4.39 Å². The number of ether oxygens (including phenoxy) is 4. The van der Waals surface area contributed by atoms with Crippen molar-refractivity contribution >= 4 is 17.7 Å². The van der Waals surface area contributed by atoms with E-state index in [0.717, 1.165) is 5.56 Å². The fourth-order valence-electron chi connectivity index (χ4n) is 3.53. The summed E-state index contributed by atoms with van der Waals surface area (Å²) in [5.41, 5.74) is 1.02. The molecule has 2 aromatic carbocycles. The van der Waals surface area contributed by atoms with E-state index in [0.29, 0.717) is 42.1 Å². The second-order valence-corrected chi connectivity index (χ2v) is 8.81. The molecular formula is C25H31FN4O5S. The zero-order valence-electron chi connectivity index (χ0n) is 20.8. The highest BCUT2D eigenvalue weighted by atomic mass is 32.2. The minimum atomic E-state index is -0.451. The van der Waals surface area contributed by atoms with Crippen molar-refractivity contribution in [1.29, 1.82) is 0 Å². The van der Waals surface area contributed by atoms with Crippen LogP contribution in [0.1, 0.15) is 24.4 Å². The number of para-hydroxylation sites is 1. The van der Waals surface area contributed by atoms with Gasteiger partial charge in [-0.1, -0.05) is 30.0 Å². The maximum Gasteiger partial charge on any atom is 0.230 e. The SMILES string of the molecule is COCC(C)n1c(COc2ccccc2F)nnc1SCC(=O)NCCc1ccc(OC)c(OC)c1. The average Bonchev–Trinajstić information content (AvgIpc) is 3.30. The number of nitrogens with one attached hydrogen (secondary N) is 1. The number of nitrogens with zero attached hydrogens (tertiary/aromatic N) is 3. The molecule has 3 rings (SSSR count). The summed E-state index contributed by atoms with van der Waals surface area (Å²) in [6, 6.07) is 11.7. The van der Waals surface area contributed by atoms with E-state index in [9.17, 15) is 9.18 Å². The summed E-state index contributed by atoms with van der Waals surface area (Å²) < 4.78 is 37.2. The summed E-state index contributed by atoms with van der Waals surface area (Å²) in [5.74, 6) is 1.54. The number of thioether (sulfide) groups is 1. The van der Waals surface area contributed by atoms with Crippen molar-refractivity contribution in [3.8, 4) is 17.2 Å². The number of carbonyl (C=O) groups excluding carboxylic acids is 1. The van der Waals surface area contributed by atoms with Crippen LogP contribution < -0.4 is 19.5 Å². The molecule has 0 saturated carbocycles. The third-order valence-electron chi connectivity index (χ3n) is 5.29. The summed E-state index contributed by atoms with van der Waals surface area (Å²) in [4.78, 5) is 12.5. The van der Waals surface area contributed by atoms with E-state index in [2.05, 4.69) is 15.5 Å². The molecule has 1 heterocycles. The van der Waals surface area contributed by atoms with Crippen molar-refractivity contribution < 1.29 is 28.1 Å². The van der Waals surface area contributed by atoms with Crippen molar-refractivity contribution in [2.45, 2.75) is 31.1 Å². The topological polar surface area (TPSA) is 96.7 Å². The van der Waals surface area contributed by atoms with Gasteiger partial charge in [0.25, 0.3) is 0 Å². The first-order valence-electron chi connectivity index (χ1n) is 11.4. The Balaban J connectivity index is 1.56. The van der Waals surface area contributed by atoms with E-state index < -0.39 is 5.82 Å². The predicted octanol–water partition coefficient (Wildman–Crippen LogP) is 3.67. The molecule has 0 bridgehead atoms. The van der Waals surface area contributed by atoms with Gasteiger partial charge in [-0.3, -0.25) is 9.36 Å². The molecule has 194 valence electrons. The molecule has 1 unspecified atom stereocenters.